The average Bonchev–Trinajstić information content (AvgIpc) is 2.12. The number of carbonyl (C=O) groups excluding carboxylic acids is 2. The third-order valence-corrected chi connectivity index (χ3v) is 0.939. The summed E-state index contributed by atoms with van der Waals surface area (Å²) in [6, 6.07) is 0. The fourth-order valence-corrected chi connectivity index (χ4v) is 0.396. The highest BCUT2D eigenvalue weighted by atomic mass is 17.5. The predicted octanol–water partition coefficient (Wildman–Crippen LogP) is 2.60. The summed E-state index contributed by atoms with van der Waals surface area (Å²) in [4.78, 5) is 38.8. The van der Waals surface area contributed by atoms with Crippen LogP contribution in [0, 0.1) is 0 Å². The van der Waals surface area contributed by atoms with Gasteiger partial charge in [0.25, 0.3) is 0 Å². The molecule has 0 aromatic heterocycles. The Morgan fingerprint density at radius 3 is 1.26 bits per heavy atom. The molecule has 9 nitrogen and oxygen atoms in total. The summed E-state index contributed by atoms with van der Waals surface area (Å²) < 4.78 is 3.95. The lowest BCUT2D eigenvalue weighted by atomic mass is 10.2. The van der Waals surface area contributed by atoms with Crippen molar-refractivity contribution in [2.75, 3.05) is 0 Å². The first-order valence-corrected chi connectivity index (χ1v) is 5.30. The van der Waals surface area contributed by atoms with Crippen LogP contribution in [0.3, 0.4) is 0 Å². The maximum absolute atomic E-state index is 10.9. The van der Waals surface area contributed by atoms with Gasteiger partial charge in [0.05, 0.1) is 11.2 Å². The molecule has 0 N–H and O–H groups in total. The Morgan fingerprint density at radius 1 is 0.684 bits per heavy atom. The zero-order chi connectivity index (χ0) is 15.1. The van der Waals surface area contributed by atoms with Crippen molar-refractivity contribution in [1.82, 2.24) is 0 Å². The quantitative estimate of drug-likeness (QED) is 0.333. The van der Waals surface area contributed by atoms with E-state index in [2.05, 4.69) is 34.4 Å². The van der Waals surface area contributed by atoms with Crippen molar-refractivity contribution in [3.63, 3.8) is 0 Å². The number of carbonyl (C=O) groups is 2. The number of ether oxygens (including phenoxy) is 1. The van der Waals surface area contributed by atoms with Gasteiger partial charge in [-0.1, -0.05) is 0 Å². The van der Waals surface area contributed by atoms with E-state index in [4.69, 9.17) is 0 Å². The molecule has 0 bridgehead atoms. The molecule has 0 atom stereocenters. The second-order valence-corrected chi connectivity index (χ2v) is 5.30. The molecule has 9 heteroatoms. The zero-order valence-electron chi connectivity index (χ0n) is 11.7. The summed E-state index contributed by atoms with van der Waals surface area (Å²) in [5.74, 6) is 0. The molecule has 112 valence electrons. The van der Waals surface area contributed by atoms with Crippen LogP contribution in [0.25, 0.3) is 0 Å². The Morgan fingerprint density at radius 2 is 1.00 bits per heavy atom. The van der Waals surface area contributed by atoms with Gasteiger partial charge in [0.1, 0.15) is 0 Å². The highest BCUT2D eigenvalue weighted by molar-refractivity contribution is 5.76. The molecule has 0 aliphatic rings. The van der Waals surface area contributed by atoms with Crippen LogP contribution in [-0.2, 0) is 34.4 Å². The minimum absolute atomic E-state index is 0.704. The van der Waals surface area contributed by atoms with Gasteiger partial charge in [-0.05, 0) is 51.6 Å². The monoisotopic (exact) mass is 282 g/mol. The minimum atomic E-state index is -1.49. The number of hydrogen-bond donors (Lipinski definition) is 0. The van der Waals surface area contributed by atoms with Crippen LogP contribution in [0.15, 0.2) is 0 Å². The van der Waals surface area contributed by atoms with E-state index >= 15 is 0 Å². The first kappa shape index (κ1) is 17.6. The second-order valence-electron chi connectivity index (χ2n) is 5.30. The van der Waals surface area contributed by atoms with Gasteiger partial charge in [-0.25, -0.2) is 9.78 Å². The fraction of sp³-hybridized carbons (Fsp3) is 0.800. The van der Waals surface area contributed by atoms with Crippen LogP contribution >= 0.6 is 0 Å². The van der Waals surface area contributed by atoms with Crippen LogP contribution in [0.1, 0.15) is 41.5 Å². The Labute approximate surface area is 110 Å². The van der Waals surface area contributed by atoms with Gasteiger partial charge < -0.3 is 4.74 Å². The van der Waals surface area contributed by atoms with Crippen molar-refractivity contribution in [2.45, 2.75) is 52.7 Å². The molecule has 19 heavy (non-hydrogen) atoms. The van der Waals surface area contributed by atoms with Gasteiger partial charge >= 0.3 is 12.3 Å². The lowest BCUT2D eigenvalue weighted by Gasteiger charge is -2.15. The highest BCUT2D eigenvalue weighted by Crippen LogP contribution is 2.09. The van der Waals surface area contributed by atoms with Gasteiger partial charge in [0.15, 0.2) is 0 Å². The molecule has 0 fully saturated rings. The summed E-state index contributed by atoms with van der Waals surface area (Å²) in [5, 5.41) is 8.13. The van der Waals surface area contributed by atoms with Crippen molar-refractivity contribution in [1.29, 1.82) is 0 Å². The van der Waals surface area contributed by atoms with E-state index in [-0.39, 0.29) is 0 Å². The molecule has 0 aliphatic carbocycles. The van der Waals surface area contributed by atoms with E-state index < -0.39 is 23.5 Å². The Balaban J connectivity index is 3.73. The number of hydrogen-bond acceptors (Lipinski definition) is 9. The van der Waals surface area contributed by atoms with E-state index in [9.17, 15) is 9.59 Å². The number of rotatable bonds is 4. The molecule has 0 aromatic rings. The third kappa shape index (κ3) is 12.8. The lowest BCUT2D eigenvalue weighted by molar-refractivity contribution is -0.520. The topological polar surface area (TPSA) is 98.8 Å². The minimum Gasteiger partial charge on any atom is -0.323 e. The highest BCUT2D eigenvalue weighted by Gasteiger charge is 2.20. The smallest absolute Gasteiger partial charge is 0.323 e. The SMILES string of the molecule is CC(C)(C)OOOC(=O)OC(=O)OOOC(C)(C)C. The summed E-state index contributed by atoms with van der Waals surface area (Å²) in [6.07, 6.45) is -2.98. The molecular weight excluding hydrogens is 264 g/mol. The average molecular weight is 282 g/mol. The maximum atomic E-state index is 10.9. The van der Waals surface area contributed by atoms with Crippen molar-refractivity contribution < 1.29 is 44.0 Å². The molecule has 0 amide bonds. The first-order valence-electron chi connectivity index (χ1n) is 5.30. The molecule has 0 aromatic carbocycles. The Bertz CT molecular complexity index is 269. The van der Waals surface area contributed by atoms with Crippen LogP contribution < -0.4 is 0 Å². The fourth-order valence-electron chi connectivity index (χ4n) is 0.396. The lowest BCUT2D eigenvalue weighted by Crippen LogP contribution is -2.23. The molecular formula is C10H18O9. The van der Waals surface area contributed by atoms with Gasteiger partial charge in [0, 0.05) is 0 Å². The Hall–Kier alpha value is -1.42. The van der Waals surface area contributed by atoms with Crippen molar-refractivity contribution in [3.05, 3.63) is 0 Å². The normalized spacial score (nSPS) is 11.9. The van der Waals surface area contributed by atoms with E-state index in [1.54, 1.807) is 41.5 Å². The van der Waals surface area contributed by atoms with E-state index in [0.29, 0.717) is 0 Å². The zero-order valence-corrected chi connectivity index (χ0v) is 11.7. The molecule has 0 radical (unpaired) electrons. The van der Waals surface area contributed by atoms with Gasteiger partial charge in [-0.15, -0.1) is 0 Å². The summed E-state index contributed by atoms with van der Waals surface area (Å²) in [5.41, 5.74) is -1.41. The third-order valence-electron chi connectivity index (χ3n) is 0.939. The van der Waals surface area contributed by atoms with Crippen molar-refractivity contribution in [2.24, 2.45) is 0 Å². The van der Waals surface area contributed by atoms with E-state index in [1.807, 2.05) is 0 Å². The molecule has 0 saturated carbocycles. The molecule has 0 aliphatic heterocycles. The van der Waals surface area contributed by atoms with Crippen molar-refractivity contribution in [3.8, 4) is 0 Å². The molecule has 0 heterocycles. The summed E-state index contributed by atoms with van der Waals surface area (Å²) in [6.45, 7) is 9.88. The summed E-state index contributed by atoms with van der Waals surface area (Å²) >= 11 is 0. The van der Waals surface area contributed by atoms with Crippen LogP contribution in [-0.4, -0.2) is 23.5 Å². The molecule has 0 rings (SSSR count). The van der Waals surface area contributed by atoms with E-state index in [0.717, 1.165) is 0 Å². The van der Waals surface area contributed by atoms with Crippen LogP contribution in [0.4, 0.5) is 9.59 Å². The summed E-state index contributed by atoms with van der Waals surface area (Å²) in [7, 11) is 0. The maximum Gasteiger partial charge on any atom is 0.553 e. The molecule has 0 saturated heterocycles. The van der Waals surface area contributed by atoms with Crippen LogP contribution in [0.2, 0.25) is 0 Å². The largest absolute Gasteiger partial charge is 0.553 e. The van der Waals surface area contributed by atoms with E-state index in [1.165, 1.54) is 0 Å². The molecule has 0 spiro atoms. The predicted molar refractivity (Wildman–Crippen MR) is 57.9 cm³/mol. The Kier molecular flexibility index (Phi) is 6.70. The van der Waals surface area contributed by atoms with Gasteiger partial charge in [0.2, 0.25) is 0 Å². The van der Waals surface area contributed by atoms with Crippen LogP contribution in [0.5, 0.6) is 0 Å². The molecule has 0 unspecified atom stereocenters. The van der Waals surface area contributed by atoms with Gasteiger partial charge in [-0.2, -0.15) is 19.4 Å². The standard InChI is InChI=1S/C10H18O9/c1-9(2,3)16-18-14-7(11)13-8(12)15-19-17-10(4,5)6/h1-6H3. The van der Waals surface area contributed by atoms with Gasteiger partial charge in [-0.3, -0.25) is 0 Å². The van der Waals surface area contributed by atoms with Crippen molar-refractivity contribution >= 4 is 12.3 Å². The first-order chi connectivity index (χ1) is 8.49. The second kappa shape index (κ2) is 7.24.